The summed E-state index contributed by atoms with van der Waals surface area (Å²) in [4.78, 5) is 3.32. The molecule has 1 aliphatic heterocycles. The predicted molar refractivity (Wildman–Crippen MR) is 101 cm³/mol. The maximum atomic E-state index is 13.0. The summed E-state index contributed by atoms with van der Waals surface area (Å²) in [6.07, 6.45) is 0. The molecule has 0 bridgehead atoms. The van der Waals surface area contributed by atoms with Crippen LogP contribution in [0.3, 0.4) is 0 Å². The van der Waals surface area contributed by atoms with Gasteiger partial charge < -0.3 is 10.6 Å². The Labute approximate surface area is 146 Å². The van der Waals surface area contributed by atoms with Crippen LogP contribution in [0.15, 0.2) is 47.4 Å². The minimum atomic E-state index is -1.10. The summed E-state index contributed by atoms with van der Waals surface area (Å²) >= 11 is 0. The van der Waals surface area contributed by atoms with Gasteiger partial charge in [-0.05, 0) is 41.9 Å². The van der Waals surface area contributed by atoms with Gasteiger partial charge in [0.15, 0.2) is 0 Å². The fourth-order valence-electron chi connectivity index (χ4n) is 3.14. The first-order valence-corrected chi connectivity index (χ1v) is 9.61. The quantitative estimate of drug-likeness (QED) is 0.820. The third kappa shape index (κ3) is 3.38. The van der Waals surface area contributed by atoms with Crippen LogP contribution in [-0.2, 0) is 17.5 Å². The van der Waals surface area contributed by atoms with Crippen molar-refractivity contribution >= 4 is 16.7 Å². The van der Waals surface area contributed by atoms with Gasteiger partial charge in [0.1, 0.15) is 11.0 Å². The van der Waals surface area contributed by atoms with Crippen LogP contribution in [0, 0.1) is 0 Å². The molecule has 0 fully saturated rings. The lowest BCUT2D eigenvalue weighted by Gasteiger charge is -2.21. The summed E-state index contributed by atoms with van der Waals surface area (Å²) in [5.74, 6) is 0. The Morgan fingerprint density at radius 3 is 2.50 bits per heavy atom. The molecule has 1 aliphatic rings. The van der Waals surface area contributed by atoms with E-state index in [2.05, 4.69) is 41.3 Å². The van der Waals surface area contributed by atoms with Gasteiger partial charge in [-0.1, -0.05) is 44.2 Å². The molecule has 0 spiro atoms. The molecule has 128 valence electrons. The van der Waals surface area contributed by atoms with Gasteiger partial charge in [-0.15, -0.1) is 0 Å². The lowest BCUT2D eigenvalue weighted by atomic mass is 10.0. The first-order chi connectivity index (χ1) is 11.6. The molecule has 0 aromatic heterocycles. The van der Waals surface area contributed by atoms with E-state index in [0.29, 0.717) is 0 Å². The molecule has 1 heterocycles. The summed E-state index contributed by atoms with van der Waals surface area (Å²) in [6.45, 7) is 8.91. The molecule has 0 saturated heterocycles. The average Bonchev–Trinajstić information content (AvgIpc) is 2.93. The topological polar surface area (TPSA) is 49.6 Å². The zero-order chi connectivity index (χ0) is 17.1. The maximum Gasteiger partial charge on any atom is 0.128 e. The van der Waals surface area contributed by atoms with E-state index in [1.54, 1.807) is 0 Å². The van der Waals surface area contributed by atoms with E-state index in [9.17, 15) is 4.21 Å². The van der Waals surface area contributed by atoms with Crippen molar-refractivity contribution in [2.75, 3.05) is 31.9 Å². The highest BCUT2D eigenvalue weighted by Crippen LogP contribution is 2.35. The van der Waals surface area contributed by atoms with Crippen LogP contribution in [0.1, 0.15) is 19.4 Å². The lowest BCUT2D eigenvalue weighted by molar-refractivity contribution is 0.275. The van der Waals surface area contributed by atoms with Crippen LogP contribution >= 0.6 is 0 Å². The standard InChI is InChI=1S/C19H25N3OS/c1-3-21(4-2)12-13-22-14-16-6-5-7-18(19(16)24(22)23)15-8-10-17(20)11-9-15/h5-11H,3-4,12-14,20H2,1-2H3. The average molecular weight is 343 g/mol. The maximum absolute atomic E-state index is 13.0. The Morgan fingerprint density at radius 1 is 1.12 bits per heavy atom. The van der Waals surface area contributed by atoms with E-state index in [0.717, 1.165) is 54.4 Å². The Hall–Kier alpha value is -1.69. The van der Waals surface area contributed by atoms with Crippen LogP contribution in [0.5, 0.6) is 0 Å². The molecule has 3 rings (SSSR count). The zero-order valence-corrected chi connectivity index (χ0v) is 15.2. The Bertz CT molecular complexity index is 726. The van der Waals surface area contributed by atoms with Gasteiger partial charge in [-0.25, -0.2) is 8.51 Å². The molecule has 4 nitrogen and oxygen atoms in total. The Morgan fingerprint density at radius 2 is 1.83 bits per heavy atom. The number of benzene rings is 2. The smallest absolute Gasteiger partial charge is 0.128 e. The molecule has 0 saturated carbocycles. The highest BCUT2D eigenvalue weighted by atomic mass is 32.2. The molecule has 1 unspecified atom stereocenters. The fraction of sp³-hybridized carbons (Fsp3) is 0.368. The highest BCUT2D eigenvalue weighted by Gasteiger charge is 2.29. The Balaban J connectivity index is 1.84. The third-order valence-corrected chi connectivity index (χ3v) is 6.25. The van der Waals surface area contributed by atoms with E-state index in [-0.39, 0.29) is 0 Å². The van der Waals surface area contributed by atoms with Crippen molar-refractivity contribution in [3.05, 3.63) is 48.0 Å². The van der Waals surface area contributed by atoms with E-state index in [4.69, 9.17) is 5.73 Å². The van der Waals surface area contributed by atoms with Crippen LogP contribution < -0.4 is 5.73 Å². The second kappa shape index (κ2) is 7.47. The molecule has 2 N–H and O–H groups in total. The third-order valence-electron chi connectivity index (χ3n) is 4.63. The molecule has 2 aromatic rings. The van der Waals surface area contributed by atoms with Gasteiger partial charge in [0.2, 0.25) is 0 Å². The molecule has 2 aromatic carbocycles. The van der Waals surface area contributed by atoms with Crippen molar-refractivity contribution in [2.45, 2.75) is 25.3 Å². The van der Waals surface area contributed by atoms with Crippen molar-refractivity contribution in [2.24, 2.45) is 0 Å². The van der Waals surface area contributed by atoms with E-state index in [1.807, 2.05) is 24.3 Å². The van der Waals surface area contributed by atoms with Gasteiger partial charge in [0.05, 0.1) is 4.90 Å². The molecular weight excluding hydrogens is 318 g/mol. The number of anilines is 1. The number of rotatable bonds is 6. The van der Waals surface area contributed by atoms with Gasteiger partial charge in [0.25, 0.3) is 0 Å². The summed E-state index contributed by atoms with van der Waals surface area (Å²) in [6, 6.07) is 14.0. The summed E-state index contributed by atoms with van der Waals surface area (Å²) < 4.78 is 15.1. The number of nitrogens with two attached hydrogens (primary N) is 1. The molecule has 5 heteroatoms. The van der Waals surface area contributed by atoms with Crippen molar-refractivity contribution in [3.8, 4) is 11.1 Å². The van der Waals surface area contributed by atoms with E-state index < -0.39 is 11.0 Å². The minimum absolute atomic E-state index is 0.744. The van der Waals surface area contributed by atoms with Gasteiger partial charge in [0, 0.05) is 25.3 Å². The highest BCUT2D eigenvalue weighted by molar-refractivity contribution is 7.83. The van der Waals surface area contributed by atoms with Gasteiger partial charge >= 0.3 is 0 Å². The molecule has 24 heavy (non-hydrogen) atoms. The number of hydrogen-bond donors (Lipinski definition) is 1. The first kappa shape index (κ1) is 17.1. The zero-order valence-electron chi connectivity index (χ0n) is 14.4. The number of nitrogen functional groups attached to an aromatic ring is 1. The SMILES string of the molecule is CCN(CC)CCN1Cc2cccc(-c3ccc(N)cc3)c2S1=O. The molecule has 0 amide bonds. The number of hydrogen-bond acceptors (Lipinski definition) is 3. The normalized spacial score (nSPS) is 17.4. The molecule has 0 aliphatic carbocycles. The fourth-order valence-corrected chi connectivity index (χ4v) is 4.63. The predicted octanol–water partition coefficient (Wildman–Crippen LogP) is 3.12. The second-order valence-corrected chi connectivity index (χ2v) is 7.48. The lowest BCUT2D eigenvalue weighted by Crippen LogP contribution is -2.33. The summed E-state index contributed by atoms with van der Waals surface area (Å²) in [7, 11) is -1.10. The van der Waals surface area contributed by atoms with Crippen molar-refractivity contribution in [3.63, 3.8) is 0 Å². The van der Waals surface area contributed by atoms with Crippen LogP contribution in [0.4, 0.5) is 5.69 Å². The molecule has 0 radical (unpaired) electrons. The van der Waals surface area contributed by atoms with Gasteiger partial charge in [-0.2, -0.15) is 0 Å². The largest absolute Gasteiger partial charge is 0.399 e. The van der Waals surface area contributed by atoms with E-state index >= 15 is 0 Å². The monoisotopic (exact) mass is 343 g/mol. The van der Waals surface area contributed by atoms with E-state index in [1.165, 1.54) is 5.56 Å². The number of nitrogens with zero attached hydrogens (tertiary/aromatic N) is 2. The summed E-state index contributed by atoms with van der Waals surface area (Å²) in [5.41, 5.74) is 9.82. The van der Waals surface area contributed by atoms with Crippen LogP contribution in [0.2, 0.25) is 0 Å². The molecule has 1 atom stereocenters. The minimum Gasteiger partial charge on any atom is -0.399 e. The molecular formula is C19H25N3OS. The van der Waals surface area contributed by atoms with Crippen molar-refractivity contribution in [1.82, 2.24) is 9.21 Å². The number of fused-ring (bicyclic) bond motifs is 1. The first-order valence-electron chi connectivity index (χ1n) is 8.51. The van der Waals surface area contributed by atoms with Crippen molar-refractivity contribution < 1.29 is 4.21 Å². The van der Waals surface area contributed by atoms with Crippen LogP contribution in [0.25, 0.3) is 11.1 Å². The van der Waals surface area contributed by atoms with Crippen LogP contribution in [-0.4, -0.2) is 39.6 Å². The summed E-state index contributed by atoms with van der Waals surface area (Å²) in [5, 5.41) is 0. The number of likely N-dealkylation sites (N-methyl/N-ethyl adjacent to an activating group) is 1. The van der Waals surface area contributed by atoms with Gasteiger partial charge in [-0.3, -0.25) is 0 Å². The Kier molecular flexibility index (Phi) is 5.33. The second-order valence-electron chi connectivity index (χ2n) is 6.06. The van der Waals surface area contributed by atoms with Crippen molar-refractivity contribution in [1.29, 1.82) is 0 Å².